The third-order valence-corrected chi connectivity index (χ3v) is 2.34. The molecular formula is C12H17Cl2NO2. The maximum absolute atomic E-state index is 10.8. The fourth-order valence-corrected chi connectivity index (χ4v) is 1.49. The van der Waals surface area contributed by atoms with Crippen LogP contribution in [0, 0.1) is 0 Å². The highest BCUT2D eigenvalue weighted by Gasteiger charge is 2.03. The highest BCUT2D eigenvalue weighted by Crippen LogP contribution is 2.21. The second-order valence-electron chi connectivity index (χ2n) is 3.81. The summed E-state index contributed by atoms with van der Waals surface area (Å²) in [6.07, 6.45) is 1.68. The first-order chi connectivity index (χ1) is 7.63. The van der Waals surface area contributed by atoms with Crippen LogP contribution in [0.15, 0.2) is 18.2 Å². The maximum Gasteiger partial charge on any atom is 0.153 e. The fourth-order valence-electron chi connectivity index (χ4n) is 1.31. The van der Waals surface area contributed by atoms with Crippen molar-refractivity contribution >= 4 is 30.3 Å². The molecule has 17 heavy (non-hydrogen) atoms. The lowest BCUT2D eigenvalue weighted by molar-refractivity contribution is 0.111. The molecule has 1 aromatic rings. The Morgan fingerprint density at radius 3 is 2.71 bits per heavy atom. The van der Waals surface area contributed by atoms with E-state index >= 15 is 0 Å². The average molecular weight is 278 g/mol. The predicted molar refractivity (Wildman–Crippen MR) is 72.8 cm³/mol. The van der Waals surface area contributed by atoms with Gasteiger partial charge in [0.25, 0.3) is 0 Å². The highest BCUT2D eigenvalue weighted by molar-refractivity contribution is 6.30. The van der Waals surface area contributed by atoms with Crippen LogP contribution in [-0.2, 0) is 0 Å². The van der Waals surface area contributed by atoms with Gasteiger partial charge in [-0.2, -0.15) is 0 Å². The van der Waals surface area contributed by atoms with E-state index in [9.17, 15) is 4.79 Å². The third-order valence-electron chi connectivity index (χ3n) is 2.11. The number of benzene rings is 1. The zero-order valence-corrected chi connectivity index (χ0v) is 11.6. The van der Waals surface area contributed by atoms with E-state index in [0.29, 0.717) is 22.9 Å². The Morgan fingerprint density at radius 2 is 2.12 bits per heavy atom. The van der Waals surface area contributed by atoms with Crippen molar-refractivity contribution in [1.29, 1.82) is 0 Å². The van der Waals surface area contributed by atoms with E-state index in [1.165, 1.54) is 0 Å². The van der Waals surface area contributed by atoms with Gasteiger partial charge in [0, 0.05) is 11.6 Å². The summed E-state index contributed by atoms with van der Waals surface area (Å²) < 4.78 is 5.52. The summed E-state index contributed by atoms with van der Waals surface area (Å²) >= 11 is 5.78. The number of rotatable bonds is 6. The number of aldehydes is 1. The average Bonchev–Trinajstić information content (AvgIpc) is 2.25. The molecule has 0 amide bonds. The summed E-state index contributed by atoms with van der Waals surface area (Å²) in [5.74, 6) is 0.596. The lowest BCUT2D eigenvalue weighted by Gasteiger charge is -2.11. The number of hydrogen-bond donors (Lipinski definition) is 0. The molecule has 0 fully saturated rings. The fraction of sp³-hybridized carbons (Fsp3) is 0.417. The minimum atomic E-state index is 0. The molecule has 0 heterocycles. The lowest BCUT2D eigenvalue weighted by Crippen LogP contribution is -2.15. The quantitative estimate of drug-likeness (QED) is 0.592. The Balaban J connectivity index is 0.00000256. The third kappa shape index (κ3) is 5.91. The van der Waals surface area contributed by atoms with Gasteiger partial charge in [0.1, 0.15) is 5.75 Å². The van der Waals surface area contributed by atoms with Crippen LogP contribution in [-0.4, -0.2) is 38.4 Å². The number of halogens is 2. The van der Waals surface area contributed by atoms with Gasteiger partial charge in [-0.1, -0.05) is 11.6 Å². The first kappa shape index (κ1) is 16.2. The Bertz CT molecular complexity index is 356. The summed E-state index contributed by atoms with van der Waals surface area (Å²) in [7, 11) is 4.03. The summed E-state index contributed by atoms with van der Waals surface area (Å²) in [6.45, 7) is 1.56. The van der Waals surface area contributed by atoms with Crippen molar-refractivity contribution in [3.8, 4) is 5.75 Å². The van der Waals surface area contributed by atoms with Gasteiger partial charge in [0.15, 0.2) is 6.29 Å². The van der Waals surface area contributed by atoms with Crippen LogP contribution in [0.5, 0.6) is 5.75 Å². The molecule has 0 saturated carbocycles. The van der Waals surface area contributed by atoms with Gasteiger partial charge in [-0.3, -0.25) is 4.79 Å². The molecule has 0 N–H and O–H groups in total. The largest absolute Gasteiger partial charge is 0.493 e. The lowest BCUT2D eigenvalue weighted by atomic mass is 10.2. The van der Waals surface area contributed by atoms with Crippen LogP contribution >= 0.6 is 24.0 Å². The molecule has 1 rings (SSSR count). The summed E-state index contributed by atoms with van der Waals surface area (Å²) in [4.78, 5) is 12.9. The first-order valence-electron chi connectivity index (χ1n) is 5.15. The molecule has 0 aliphatic rings. The van der Waals surface area contributed by atoms with Gasteiger partial charge >= 0.3 is 0 Å². The minimum Gasteiger partial charge on any atom is -0.493 e. The molecule has 0 aliphatic heterocycles. The van der Waals surface area contributed by atoms with Gasteiger partial charge in [-0.05, 0) is 38.7 Å². The second kappa shape index (κ2) is 8.34. The molecule has 0 aromatic heterocycles. The van der Waals surface area contributed by atoms with Crippen LogP contribution in [0.25, 0.3) is 0 Å². The zero-order valence-electron chi connectivity index (χ0n) is 9.98. The van der Waals surface area contributed by atoms with E-state index in [-0.39, 0.29) is 12.4 Å². The van der Waals surface area contributed by atoms with E-state index in [0.717, 1.165) is 19.3 Å². The van der Waals surface area contributed by atoms with Crippen molar-refractivity contribution in [2.75, 3.05) is 27.2 Å². The molecule has 3 nitrogen and oxygen atoms in total. The molecule has 96 valence electrons. The smallest absolute Gasteiger partial charge is 0.153 e. The highest BCUT2D eigenvalue weighted by atomic mass is 35.5. The van der Waals surface area contributed by atoms with Crippen molar-refractivity contribution in [3.05, 3.63) is 28.8 Å². The maximum atomic E-state index is 10.8. The van der Waals surface area contributed by atoms with Crippen LogP contribution in [0.2, 0.25) is 5.02 Å². The molecule has 1 aromatic carbocycles. The molecule has 0 bridgehead atoms. The Hall–Kier alpha value is -0.770. The summed E-state index contributed by atoms with van der Waals surface area (Å²) in [6, 6.07) is 5.05. The van der Waals surface area contributed by atoms with Crippen molar-refractivity contribution < 1.29 is 9.53 Å². The molecule has 0 unspecified atom stereocenters. The number of carbonyl (C=O) groups excluding carboxylic acids is 1. The Morgan fingerprint density at radius 1 is 1.41 bits per heavy atom. The minimum absolute atomic E-state index is 0. The van der Waals surface area contributed by atoms with Gasteiger partial charge in [-0.25, -0.2) is 0 Å². The second-order valence-corrected chi connectivity index (χ2v) is 4.24. The van der Waals surface area contributed by atoms with Gasteiger partial charge in [0.05, 0.1) is 12.2 Å². The van der Waals surface area contributed by atoms with E-state index in [1.54, 1.807) is 18.2 Å². The van der Waals surface area contributed by atoms with Gasteiger partial charge in [0.2, 0.25) is 0 Å². The van der Waals surface area contributed by atoms with E-state index in [1.807, 2.05) is 14.1 Å². The van der Waals surface area contributed by atoms with Crippen LogP contribution in [0.1, 0.15) is 16.8 Å². The van der Waals surface area contributed by atoms with E-state index in [4.69, 9.17) is 16.3 Å². The molecule has 0 atom stereocenters. The molecule has 0 saturated heterocycles. The van der Waals surface area contributed by atoms with Gasteiger partial charge in [-0.15, -0.1) is 12.4 Å². The van der Waals surface area contributed by atoms with Crippen molar-refractivity contribution in [2.45, 2.75) is 6.42 Å². The number of nitrogens with zero attached hydrogens (tertiary/aromatic N) is 1. The van der Waals surface area contributed by atoms with Crippen LogP contribution in [0.3, 0.4) is 0 Å². The van der Waals surface area contributed by atoms with Crippen molar-refractivity contribution in [1.82, 2.24) is 4.90 Å². The SMILES string of the molecule is CN(C)CCCOc1ccc(Cl)cc1C=O.Cl. The van der Waals surface area contributed by atoms with E-state index in [2.05, 4.69) is 4.90 Å². The molecular weight excluding hydrogens is 261 g/mol. The number of ether oxygens (including phenoxy) is 1. The molecule has 0 spiro atoms. The molecule has 0 aliphatic carbocycles. The van der Waals surface area contributed by atoms with E-state index < -0.39 is 0 Å². The summed E-state index contributed by atoms with van der Waals surface area (Å²) in [5.41, 5.74) is 0.498. The van der Waals surface area contributed by atoms with Crippen LogP contribution < -0.4 is 4.74 Å². The summed E-state index contributed by atoms with van der Waals surface area (Å²) in [5, 5.41) is 0.544. The topological polar surface area (TPSA) is 29.5 Å². The van der Waals surface area contributed by atoms with Crippen LogP contribution in [0.4, 0.5) is 0 Å². The van der Waals surface area contributed by atoms with Crippen molar-refractivity contribution in [2.24, 2.45) is 0 Å². The Kier molecular flexibility index (Phi) is 7.96. The molecule has 0 radical (unpaired) electrons. The Labute approximate surface area is 113 Å². The standard InChI is InChI=1S/C12H16ClNO2.ClH/c1-14(2)6-3-7-16-12-5-4-11(13)8-10(12)9-15;/h4-5,8-9H,3,6-7H2,1-2H3;1H. The normalized spacial score (nSPS) is 9.88. The molecule has 5 heteroatoms. The number of hydrogen-bond acceptors (Lipinski definition) is 3. The zero-order chi connectivity index (χ0) is 12.0. The van der Waals surface area contributed by atoms with Gasteiger partial charge < -0.3 is 9.64 Å². The predicted octanol–water partition coefficient (Wildman–Crippen LogP) is 2.90. The monoisotopic (exact) mass is 277 g/mol. The van der Waals surface area contributed by atoms with Crippen molar-refractivity contribution in [3.63, 3.8) is 0 Å². The number of carbonyl (C=O) groups is 1. The first-order valence-corrected chi connectivity index (χ1v) is 5.53.